The van der Waals surface area contributed by atoms with Crippen LogP contribution in [0.5, 0.6) is 0 Å². The van der Waals surface area contributed by atoms with Gasteiger partial charge < -0.3 is 10.0 Å². The Labute approximate surface area is 77.5 Å². The first kappa shape index (κ1) is 10.4. The zero-order chi connectivity index (χ0) is 9.84. The quantitative estimate of drug-likeness (QED) is 0.708. The van der Waals surface area contributed by atoms with Crippen molar-refractivity contribution in [1.82, 2.24) is 4.90 Å². The summed E-state index contributed by atoms with van der Waals surface area (Å²) in [5.74, 6) is -1.60. The van der Waals surface area contributed by atoms with E-state index in [-0.39, 0.29) is 5.92 Å². The summed E-state index contributed by atoms with van der Waals surface area (Å²) in [4.78, 5) is 12.5. The Kier molecular flexibility index (Phi) is 3.66. The Balaban J connectivity index is 2.46. The summed E-state index contributed by atoms with van der Waals surface area (Å²) in [6, 6.07) is 0. The summed E-state index contributed by atoms with van der Waals surface area (Å²) < 4.78 is 13.1. The summed E-state index contributed by atoms with van der Waals surface area (Å²) >= 11 is 0. The fourth-order valence-electron chi connectivity index (χ4n) is 1.76. The minimum atomic E-state index is -1.67. The van der Waals surface area contributed by atoms with Crippen molar-refractivity contribution >= 4 is 5.97 Å². The molecule has 0 bridgehead atoms. The molecule has 76 valence electrons. The van der Waals surface area contributed by atoms with E-state index < -0.39 is 12.1 Å². The number of aliphatic carboxylic acids is 1. The molecule has 1 aliphatic rings. The Morgan fingerprint density at radius 3 is 2.85 bits per heavy atom. The van der Waals surface area contributed by atoms with Gasteiger partial charge in [0.15, 0.2) is 6.17 Å². The highest BCUT2D eigenvalue weighted by atomic mass is 19.1. The zero-order valence-corrected chi connectivity index (χ0v) is 7.87. The van der Waals surface area contributed by atoms with Gasteiger partial charge in [-0.3, -0.25) is 0 Å². The van der Waals surface area contributed by atoms with Gasteiger partial charge in [0, 0.05) is 5.92 Å². The fourth-order valence-corrected chi connectivity index (χ4v) is 1.76. The van der Waals surface area contributed by atoms with Gasteiger partial charge in [-0.05, 0) is 39.4 Å². The molecular formula is C9H16FNO2. The molecule has 4 heteroatoms. The third-order valence-electron chi connectivity index (χ3n) is 2.65. The number of alkyl halides is 1. The summed E-state index contributed by atoms with van der Waals surface area (Å²) in [6.07, 6.45) is 0.572. The molecule has 1 saturated heterocycles. The second-order valence-electron chi connectivity index (χ2n) is 3.73. The van der Waals surface area contributed by atoms with E-state index in [9.17, 15) is 9.18 Å². The monoisotopic (exact) mass is 189 g/mol. The molecule has 2 unspecified atom stereocenters. The number of carboxylic acid groups (broad SMARTS) is 1. The highest BCUT2D eigenvalue weighted by Gasteiger charge is 2.28. The first-order valence-electron chi connectivity index (χ1n) is 4.66. The Morgan fingerprint density at radius 1 is 1.54 bits per heavy atom. The Morgan fingerprint density at radius 2 is 2.23 bits per heavy atom. The van der Waals surface area contributed by atoms with Gasteiger partial charge >= 0.3 is 5.97 Å². The Hall–Kier alpha value is -0.640. The van der Waals surface area contributed by atoms with Crippen molar-refractivity contribution in [3.63, 3.8) is 0 Å². The van der Waals surface area contributed by atoms with E-state index in [0.717, 1.165) is 19.5 Å². The molecule has 0 spiro atoms. The normalized spacial score (nSPS) is 28.0. The summed E-state index contributed by atoms with van der Waals surface area (Å²) in [5.41, 5.74) is 0. The van der Waals surface area contributed by atoms with Crippen molar-refractivity contribution in [2.75, 3.05) is 20.1 Å². The Bertz CT molecular complexity index is 186. The molecule has 0 amide bonds. The molecule has 1 N–H and O–H groups in total. The van der Waals surface area contributed by atoms with Crippen molar-refractivity contribution in [2.24, 2.45) is 5.92 Å². The van der Waals surface area contributed by atoms with Crippen LogP contribution in [0.3, 0.4) is 0 Å². The van der Waals surface area contributed by atoms with Gasteiger partial charge in [-0.1, -0.05) is 0 Å². The van der Waals surface area contributed by atoms with Crippen LogP contribution in [-0.4, -0.2) is 42.3 Å². The lowest BCUT2D eigenvalue weighted by Gasteiger charge is -2.15. The summed E-state index contributed by atoms with van der Waals surface area (Å²) in [5, 5.41) is 8.50. The molecule has 0 aromatic rings. The molecule has 0 saturated carbocycles. The maximum absolute atomic E-state index is 13.1. The molecule has 0 aromatic heterocycles. The van der Waals surface area contributed by atoms with E-state index in [4.69, 9.17) is 5.11 Å². The van der Waals surface area contributed by atoms with Crippen molar-refractivity contribution in [3.05, 3.63) is 0 Å². The minimum absolute atomic E-state index is 0.289. The molecular weight excluding hydrogens is 173 g/mol. The molecule has 1 heterocycles. The largest absolute Gasteiger partial charge is 0.479 e. The van der Waals surface area contributed by atoms with Crippen molar-refractivity contribution in [2.45, 2.75) is 25.4 Å². The zero-order valence-electron chi connectivity index (χ0n) is 7.87. The predicted molar refractivity (Wildman–Crippen MR) is 47.4 cm³/mol. The molecule has 0 aliphatic carbocycles. The molecule has 1 rings (SSSR count). The number of halogens is 1. The first-order chi connectivity index (χ1) is 6.11. The second-order valence-corrected chi connectivity index (χ2v) is 3.73. The summed E-state index contributed by atoms with van der Waals surface area (Å²) in [6.45, 7) is 1.75. The number of likely N-dealkylation sites (tertiary alicyclic amines) is 1. The number of hydrogen-bond acceptors (Lipinski definition) is 2. The van der Waals surface area contributed by atoms with Gasteiger partial charge in [-0.25, -0.2) is 9.18 Å². The van der Waals surface area contributed by atoms with Crippen LogP contribution in [0.15, 0.2) is 0 Å². The minimum Gasteiger partial charge on any atom is -0.479 e. The molecule has 0 aromatic carbocycles. The fraction of sp³-hybridized carbons (Fsp3) is 0.889. The van der Waals surface area contributed by atoms with Gasteiger partial charge in [0.05, 0.1) is 0 Å². The number of carboxylic acids is 1. The SMILES string of the molecule is CN1CCCC(C(F)C(=O)O)CC1. The number of nitrogens with zero attached hydrogens (tertiary/aromatic N) is 1. The maximum atomic E-state index is 13.1. The van der Waals surface area contributed by atoms with Gasteiger partial charge in [0.2, 0.25) is 0 Å². The molecule has 1 aliphatic heterocycles. The smallest absolute Gasteiger partial charge is 0.338 e. The summed E-state index contributed by atoms with van der Waals surface area (Å²) in [7, 11) is 1.98. The maximum Gasteiger partial charge on any atom is 0.338 e. The lowest BCUT2D eigenvalue weighted by Crippen LogP contribution is -2.26. The van der Waals surface area contributed by atoms with Gasteiger partial charge in [0.1, 0.15) is 0 Å². The first-order valence-corrected chi connectivity index (χ1v) is 4.66. The highest BCUT2D eigenvalue weighted by Crippen LogP contribution is 2.22. The van der Waals surface area contributed by atoms with Crippen molar-refractivity contribution in [1.29, 1.82) is 0 Å². The van der Waals surface area contributed by atoms with Crippen LogP contribution in [0.25, 0.3) is 0 Å². The van der Waals surface area contributed by atoms with Crippen LogP contribution in [0.2, 0.25) is 0 Å². The van der Waals surface area contributed by atoms with E-state index >= 15 is 0 Å². The molecule has 13 heavy (non-hydrogen) atoms. The van der Waals surface area contributed by atoms with Crippen molar-refractivity contribution in [3.8, 4) is 0 Å². The average Bonchev–Trinajstić information content (AvgIpc) is 2.28. The van der Waals surface area contributed by atoms with E-state index in [0.29, 0.717) is 12.8 Å². The van der Waals surface area contributed by atoms with E-state index in [1.165, 1.54) is 0 Å². The molecule has 3 nitrogen and oxygen atoms in total. The van der Waals surface area contributed by atoms with Crippen LogP contribution in [0.1, 0.15) is 19.3 Å². The molecule has 1 fully saturated rings. The van der Waals surface area contributed by atoms with Crippen LogP contribution in [0, 0.1) is 5.92 Å². The van der Waals surface area contributed by atoms with Gasteiger partial charge in [-0.2, -0.15) is 0 Å². The molecule has 0 radical (unpaired) electrons. The number of hydrogen-bond donors (Lipinski definition) is 1. The highest BCUT2D eigenvalue weighted by molar-refractivity contribution is 5.72. The van der Waals surface area contributed by atoms with Crippen molar-refractivity contribution < 1.29 is 14.3 Å². The number of rotatable bonds is 2. The topological polar surface area (TPSA) is 40.5 Å². The van der Waals surface area contributed by atoms with E-state index in [1.54, 1.807) is 0 Å². The van der Waals surface area contributed by atoms with Crippen LogP contribution >= 0.6 is 0 Å². The van der Waals surface area contributed by atoms with Crippen LogP contribution in [0.4, 0.5) is 4.39 Å². The molecule has 2 atom stereocenters. The predicted octanol–water partition coefficient (Wildman–Crippen LogP) is 1.14. The van der Waals surface area contributed by atoms with E-state index in [2.05, 4.69) is 4.90 Å². The number of carbonyl (C=O) groups is 1. The van der Waals surface area contributed by atoms with E-state index in [1.807, 2.05) is 7.05 Å². The third kappa shape index (κ3) is 2.95. The van der Waals surface area contributed by atoms with Gasteiger partial charge in [0.25, 0.3) is 0 Å². The van der Waals surface area contributed by atoms with Crippen LogP contribution < -0.4 is 0 Å². The van der Waals surface area contributed by atoms with Crippen LogP contribution in [-0.2, 0) is 4.79 Å². The average molecular weight is 189 g/mol. The lowest BCUT2D eigenvalue weighted by atomic mass is 9.95. The standard InChI is InChI=1S/C9H16FNO2/c1-11-5-2-3-7(4-6-11)8(10)9(12)13/h7-8H,2-6H2,1H3,(H,12,13). The third-order valence-corrected chi connectivity index (χ3v) is 2.65. The second kappa shape index (κ2) is 4.56. The lowest BCUT2D eigenvalue weighted by molar-refractivity contribution is -0.145. The van der Waals surface area contributed by atoms with Gasteiger partial charge in [-0.15, -0.1) is 0 Å².